The van der Waals surface area contributed by atoms with Crippen LogP contribution in [-0.2, 0) is 9.47 Å². The van der Waals surface area contributed by atoms with Gasteiger partial charge in [-0.05, 0) is 18.2 Å². The molecule has 0 bridgehead atoms. The van der Waals surface area contributed by atoms with Gasteiger partial charge in [0.2, 0.25) is 0 Å². The number of carbonyl (C=O) groups is 1. The first-order valence-corrected chi connectivity index (χ1v) is 6.81. The number of hydrogen-bond donors (Lipinski definition) is 0. The first-order valence-electron chi connectivity index (χ1n) is 6.01. The lowest BCUT2D eigenvalue weighted by Gasteiger charge is -2.22. The van der Waals surface area contributed by atoms with Gasteiger partial charge in [-0.15, -0.1) is 0 Å². The standard InChI is InChI=1S/C13H14BrNO3/c14-11-3-1-2-10(8-11)12(16)15-5-4-13(9-15)17-6-7-18-13/h1-3,8H,4-7,9H2. The smallest absolute Gasteiger partial charge is 0.254 e. The normalized spacial score (nSPS) is 21.7. The summed E-state index contributed by atoms with van der Waals surface area (Å²) < 4.78 is 12.1. The van der Waals surface area contributed by atoms with Crippen molar-refractivity contribution in [1.29, 1.82) is 0 Å². The molecule has 18 heavy (non-hydrogen) atoms. The molecule has 1 aromatic carbocycles. The molecule has 0 N–H and O–H groups in total. The first kappa shape index (κ1) is 12.1. The number of nitrogens with zero attached hydrogens (tertiary/aromatic N) is 1. The van der Waals surface area contributed by atoms with Crippen molar-refractivity contribution in [2.75, 3.05) is 26.3 Å². The zero-order valence-electron chi connectivity index (χ0n) is 9.89. The van der Waals surface area contributed by atoms with Crippen molar-refractivity contribution >= 4 is 21.8 Å². The fraction of sp³-hybridized carbons (Fsp3) is 0.462. The largest absolute Gasteiger partial charge is 0.346 e. The van der Waals surface area contributed by atoms with Crippen LogP contribution in [0.1, 0.15) is 16.8 Å². The predicted molar refractivity (Wildman–Crippen MR) is 69.3 cm³/mol. The second-order valence-corrected chi connectivity index (χ2v) is 5.51. The van der Waals surface area contributed by atoms with Gasteiger partial charge >= 0.3 is 0 Å². The molecule has 1 aromatic rings. The highest BCUT2D eigenvalue weighted by Crippen LogP contribution is 2.31. The summed E-state index contributed by atoms with van der Waals surface area (Å²) in [6.07, 6.45) is 0.757. The lowest BCUT2D eigenvalue weighted by Crippen LogP contribution is -2.36. The highest BCUT2D eigenvalue weighted by molar-refractivity contribution is 9.10. The van der Waals surface area contributed by atoms with Crippen LogP contribution in [0.3, 0.4) is 0 Å². The van der Waals surface area contributed by atoms with Crippen molar-refractivity contribution in [3.63, 3.8) is 0 Å². The Kier molecular flexibility index (Phi) is 3.13. The quantitative estimate of drug-likeness (QED) is 0.796. The lowest BCUT2D eigenvalue weighted by atomic mass is 10.2. The average molecular weight is 312 g/mol. The fourth-order valence-electron chi connectivity index (χ4n) is 2.46. The molecular weight excluding hydrogens is 298 g/mol. The van der Waals surface area contributed by atoms with Gasteiger partial charge in [-0.25, -0.2) is 0 Å². The Balaban J connectivity index is 1.74. The Bertz CT molecular complexity index is 471. The average Bonchev–Trinajstić information content (AvgIpc) is 3.00. The van der Waals surface area contributed by atoms with E-state index in [1.54, 1.807) is 4.90 Å². The zero-order valence-corrected chi connectivity index (χ0v) is 11.5. The molecule has 2 aliphatic rings. The molecule has 2 fully saturated rings. The summed E-state index contributed by atoms with van der Waals surface area (Å²) in [5.74, 6) is -0.505. The summed E-state index contributed by atoms with van der Waals surface area (Å²) in [5.41, 5.74) is 0.694. The van der Waals surface area contributed by atoms with Gasteiger partial charge in [0, 0.05) is 23.0 Å². The molecule has 3 rings (SSSR count). The van der Waals surface area contributed by atoms with Crippen molar-refractivity contribution in [1.82, 2.24) is 4.90 Å². The Morgan fingerprint density at radius 2 is 2.11 bits per heavy atom. The van der Waals surface area contributed by atoms with E-state index < -0.39 is 5.79 Å². The van der Waals surface area contributed by atoms with E-state index in [2.05, 4.69) is 15.9 Å². The number of amides is 1. The summed E-state index contributed by atoms with van der Waals surface area (Å²) in [7, 11) is 0. The second-order valence-electron chi connectivity index (χ2n) is 4.59. The Morgan fingerprint density at radius 3 is 2.83 bits per heavy atom. The summed E-state index contributed by atoms with van der Waals surface area (Å²) in [4.78, 5) is 14.1. The number of halogens is 1. The van der Waals surface area contributed by atoms with Crippen molar-refractivity contribution in [2.24, 2.45) is 0 Å². The molecule has 0 aliphatic carbocycles. The fourth-order valence-corrected chi connectivity index (χ4v) is 2.86. The molecule has 5 heteroatoms. The van der Waals surface area contributed by atoms with Crippen LogP contribution in [0.15, 0.2) is 28.7 Å². The van der Waals surface area contributed by atoms with Gasteiger partial charge in [0.1, 0.15) is 0 Å². The minimum atomic E-state index is -0.540. The van der Waals surface area contributed by atoms with E-state index in [1.165, 1.54) is 0 Å². The van der Waals surface area contributed by atoms with Crippen LogP contribution >= 0.6 is 15.9 Å². The molecule has 0 atom stereocenters. The van der Waals surface area contributed by atoms with Gasteiger partial charge in [-0.1, -0.05) is 22.0 Å². The lowest BCUT2D eigenvalue weighted by molar-refractivity contribution is -0.143. The molecule has 2 heterocycles. The Morgan fingerprint density at radius 1 is 1.33 bits per heavy atom. The molecule has 1 amide bonds. The van der Waals surface area contributed by atoms with Gasteiger partial charge in [0.05, 0.1) is 19.8 Å². The molecule has 96 valence electrons. The minimum absolute atomic E-state index is 0.0345. The second kappa shape index (κ2) is 4.64. The maximum Gasteiger partial charge on any atom is 0.254 e. The van der Waals surface area contributed by atoms with Crippen LogP contribution in [0.5, 0.6) is 0 Å². The minimum Gasteiger partial charge on any atom is -0.346 e. The Labute approximate surface area is 114 Å². The van der Waals surface area contributed by atoms with E-state index in [1.807, 2.05) is 24.3 Å². The third-order valence-corrected chi connectivity index (χ3v) is 3.86. The molecule has 0 saturated carbocycles. The molecular formula is C13H14BrNO3. The number of rotatable bonds is 1. The van der Waals surface area contributed by atoms with Gasteiger partial charge in [-0.2, -0.15) is 0 Å². The van der Waals surface area contributed by atoms with E-state index in [0.29, 0.717) is 31.9 Å². The number of benzene rings is 1. The highest BCUT2D eigenvalue weighted by atomic mass is 79.9. The third-order valence-electron chi connectivity index (χ3n) is 3.37. The van der Waals surface area contributed by atoms with Crippen molar-refractivity contribution in [3.05, 3.63) is 34.3 Å². The van der Waals surface area contributed by atoms with Crippen LogP contribution in [0.4, 0.5) is 0 Å². The van der Waals surface area contributed by atoms with Crippen LogP contribution in [0, 0.1) is 0 Å². The first-order chi connectivity index (χ1) is 8.69. The van der Waals surface area contributed by atoms with Crippen LogP contribution in [0.2, 0.25) is 0 Å². The molecule has 4 nitrogen and oxygen atoms in total. The molecule has 2 saturated heterocycles. The zero-order chi connectivity index (χ0) is 12.6. The molecule has 0 radical (unpaired) electrons. The van der Waals surface area contributed by atoms with Crippen molar-refractivity contribution in [3.8, 4) is 0 Å². The Hall–Kier alpha value is -0.910. The van der Waals surface area contributed by atoms with Gasteiger partial charge in [0.25, 0.3) is 5.91 Å². The van der Waals surface area contributed by atoms with Crippen LogP contribution in [-0.4, -0.2) is 42.9 Å². The van der Waals surface area contributed by atoms with Gasteiger partial charge in [0.15, 0.2) is 5.79 Å². The van der Waals surface area contributed by atoms with Gasteiger partial charge < -0.3 is 14.4 Å². The summed E-state index contributed by atoms with van der Waals surface area (Å²) in [6, 6.07) is 7.44. The van der Waals surface area contributed by atoms with Crippen LogP contribution in [0.25, 0.3) is 0 Å². The topological polar surface area (TPSA) is 38.8 Å². The van der Waals surface area contributed by atoms with Crippen molar-refractivity contribution < 1.29 is 14.3 Å². The predicted octanol–water partition coefficient (Wildman–Crippen LogP) is 2.04. The van der Waals surface area contributed by atoms with E-state index in [9.17, 15) is 4.79 Å². The van der Waals surface area contributed by atoms with Gasteiger partial charge in [-0.3, -0.25) is 4.79 Å². The molecule has 2 aliphatic heterocycles. The maximum absolute atomic E-state index is 12.3. The van der Waals surface area contributed by atoms with E-state index in [-0.39, 0.29) is 5.91 Å². The van der Waals surface area contributed by atoms with Crippen molar-refractivity contribution in [2.45, 2.75) is 12.2 Å². The maximum atomic E-state index is 12.3. The number of hydrogen-bond acceptors (Lipinski definition) is 3. The molecule has 1 spiro atoms. The highest BCUT2D eigenvalue weighted by Gasteiger charge is 2.44. The molecule has 0 unspecified atom stereocenters. The summed E-state index contributed by atoms with van der Waals surface area (Å²) in [6.45, 7) is 2.46. The van der Waals surface area contributed by atoms with E-state index in [0.717, 1.165) is 10.9 Å². The summed E-state index contributed by atoms with van der Waals surface area (Å²) in [5, 5.41) is 0. The molecule has 0 aromatic heterocycles. The summed E-state index contributed by atoms with van der Waals surface area (Å²) >= 11 is 3.38. The van der Waals surface area contributed by atoms with E-state index in [4.69, 9.17) is 9.47 Å². The van der Waals surface area contributed by atoms with E-state index >= 15 is 0 Å². The number of likely N-dealkylation sites (tertiary alicyclic amines) is 1. The SMILES string of the molecule is O=C(c1cccc(Br)c1)N1CCC2(C1)OCCO2. The third kappa shape index (κ3) is 2.18. The monoisotopic (exact) mass is 311 g/mol. The number of carbonyl (C=O) groups excluding carboxylic acids is 1. The van der Waals surface area contributed by atoms with Crippen LogP contribution < -0.4 is 0 Å². The number of ether oxygens (including phenoxy) is 2.